The van der Waals surface area contributed by atoms with Gasteiger partial charge in [0.25, 0.3) is 5.91 Å². The Morgan fingerprint density at radius 2 is 1.88 bits per heavy atom. The maximum absolute atomic E-state index is 12.6. The number of amides is 1. The summed E-state index contributed by atoms with van der Waals surface area (Å²) in [4.78, 5) is 21.0. The molecule has 1 aliphatic heterocycles. The topological polar surface area (TPSA) is 45.7 Å². The second-order valence-corrected chi connectivity index (χ2v) is 6.81. The highest BCUT2D eigenvalue weighted by Gasteiger charge is 2.19. The van der Waals surface area contributed by atoms with Crippen LogP contribution in [-0.4, -0.2) is 53.9 Å². The molecule has 1 aliphatic rings. The van der Waals surface area contributed by atoms with Crippen LogP contribution in [0.15, 0.2) is 47.1 Å². The van der Waals surface area contributed by atoms with Crippen molar-refractivity contribution in [1.29, 1.82) is 0 Å². The zero-order valence-corrected chi connectivity index (χ0v) is 15.2. The van der Waals surface area contributed by atoms with Crippen molar-refractivity contribution in [3.8, 4) is 11.6 Å². The number of hydrogen-bond acceptors (Lipinski definition) is 4. The Hall–Kier alpha value is -1.92. The fourth-order valence-corrected chi connectivity index (χ4v) is 2.89. The van der Waals surface area contributed by atoms with Crippen molar-refractivity contribution in [2.45, 2.75) is 6.42 Å². The number of benzene rings is 1. The molecule has 5 nitrogen and oxygen atoms in total. The van der Waals surface area contributed by atoms with Gasteiger partial charge in [-0.05, 0) is 50.3 Å². The molecule has 2 aromatic rings. The maximum Gasteiger partial charge on any atom is 0.255 e. The van der Waals surface area contributed by atoms with Gasteiger partial charge in [0.1, 0.15) is 5.75 Å². The Labute approximate surface area is 150 Å². The molecule has 1 fully saturated rings. The molecule has 126 valence electrons. The molecule has 1 aromatic heterocycles. The first kappa shape index (κ1) is 16.9. The molecule has 0 spiro atoms. The molecule has 24 heavy (non-hydrogen) atoms. The van der Waals surface area contributed by atoms with Crippen LogP contribution in [0.1, 0.15) is 16.8 Å². The number of ether oxygens (including phenoxy) is 1. The Balaban J connectivity index is 1.65. The highest BCUT2D eigenvalue weighted by molar-refractivity contribution is 9.10. The van der Waals surface area contributed by atoms with Gasteiger partial charge in [-0.15, -0.1) is 0 Å². The van der Waals surface area contributed by atoms with E-state index in [-0.39, 0.29) is 5.91 Å². The second kappa shape index (κ2) is 7.77. The summed E-state index contributed by atoms with van der Waals surface area (Å²) in [5.41, 5.74) is 0.600. The Kier molecular flexibility index (Phi) is 5.48. The number of hydrogen-bond donors (Lipinski definition) is 0. The van der Waals surface area contributed by atoms with Gasteiger partial charge in [-0.3, -0.25) is 4.79 Å². The minimum absolute atomic E-state index is 0.0352. The number of likely N-dealkylation sites (N-methyl/N-ethyl adjacent to an activating group) is 1. The fraction of sp³-hybridized carbons (Fsp3) is 0.333. The lowest BCUT2D eigenvalue weighted by Gasteiger charge is -2.20. The minimum atomic E-state index is 0.0352. The first-order chi connectivity index (χ1) is 11.6. The zero-order valence-electron chi connectivity index (χ0n) is 13.6. The van der Waals surface area contributed by atoms with Gasteiger partial charge in [-0.1, -0.05) is 15.9 Å². The molecule has 0 N–H and O–H groups in total. The molecule has 6 heteroatoms. The normalized spacial score (nSPS) is 15.8. The van der Waals surface area contributed by atoms with Crippen molar-refractivity contribution in [2.24, 2.45) is 0 Å². The van der Waals surface area contributed by atoms with Gasteiger partial charge < -0.3 is 14.5 Å². The highest BCUT2D eigenvalue weighted by Crippen LogP contribution is 2.22. The lowest BCUT2D eigenvalue weighted by atomic mass is 10.2. The van der Waals surface area contributed by atoms with E-state index in [1.807, 2.05) is 29.2 Å². The largest absolute Gasteiger partial charge is 0.439 e. The van der Waals surface area contributed by atoms with Crippen molar-refractivity contribution in [1.82, 2.24) is 14.8 Å². The molecule has 0 bridgehead atoms. The van der Waals surface area contributed by atoms with Crippen molar-refractivity contribution in [3.63, 3.8) is 0 Å². The van der Waals surface area contributed by atoms with Gasteiger partial charge in [0.2, 0.25) is 5.88 Å². The third-order valence-corrected chi connectivity index (χ3v) is 4.55. The summed E-state index contributed by atoms with van der Waals surface area (Å²) in [7, 11) is 2.09. The lowest BCUT2D eigenvalue weighted by Crippen LogP contribution is -2.34. The number of aromatic nitrogens is 1. The molecule has 0 atom stereocenters. The number of carbonyl (C=O) groups is 1. The minimum Gasteiger partial charge on any atom is -0.439 e. The van der Waals surface area contributed by atoms with E-state index in [1.54, 1.807) is 18.3 Å². The van der Waals surface area contributed by atoms with Gasteiger partial charge >= 0.3 is 0 Å². The second-order valence-electron chi connectivity index (χ2n) is 5.89. The first-order valence-corrected chi connectivity index (χ1v) is 8.78. The van der Waals surface area contributed by atoms with E-state index >= 15 is 0 Å². The molecule has 0 saturated carbocycles. The van der Waals surface area contributed by atoms with E-state index in [9.17, 15) is 4.79 Å². The van der Waals surface area contributed by atoms with E-state index in [4.69, 9.17) is 4.74 Å². The summed E-state index contributed by atoms with van der Waals surface area (Å²) < 4.78 is 6.68. The van der Waals surface area contributed by atoms with Gasteiger partial charge in [-0.2, -0.15) is 0 Å². The van der Waals surface area contributed by atoms with E-state index < -0.39 is 0 Å². The van der Waals surface area contributed by atoms with Crippen LogP contribution >= 0.6 is 15.9 Å². The molecule has 1 saturated heterocycles. The van der Waals surface area contributed by atoms with E-state index in [1.165, 1.54) is 0 Å². The van der Waals surface area contributed by atoms with E-state index in [0.29, 0.717) is 17.2 Å². The smallest absolute Gasteiger partial charge is 0.255 e. The molecule has 0 aliphatic carbocycles. The van der Waals surface area contributed by atoms with Crippen molar-refractivity contribution in [3.05, 3.63) is 52.6 Å². The number of nitrogens with zero attached hydrogens (tertiary/aromatic N) is 3. The van der Waals surface area contributed by atoms with Crippen LogP contribution in [0.4, 0.5) is 0 Å². The zero-order chi connectivity index (χ0) is 16.9. The van der Waals surface area contributed by atoms with Crippen LogP contribution in [0.3, 0.4) is 0 Å². The molecule has 1 aromatic carbocycles. The fourth-order valence-electron chi connectivity index (χ4n) is 2.62. The third kappa shape index (κ3) is 4.33. The summed E-state index contributed by atoms with van der Waals surface area (Å²) in [6.45, 7) is 3.48. The standard InChI is InChI=1S/C18H20BrN3O2/c1-21-9-2-10-22(12-11-21)18(23)14-3-8-17(20-13-14)24-16-6-4-15(19)5-7-16/h3-8,13H,2,9-12H2,1H3. The third-order valence-electron chi connectivity index (χ3n) is 4.03. The van der Waals surface area contributed by atoms with E-state index in [0.717, 1.165) is 37.1 Å². The quantitative estimate of drug-likeness (QED) is 0.806. The Morgan fingerprint density at radius 1 is 1.08 bits per heavy atom. The summed E-state index contributed by atoms with van der Waals surface area (Å²) in [5.74, 6) is 1.22. The van der Waals surface area contributed by atoms with Crippen molar-refractivity contribution >= 4 is 21.8 Å². The number of pyridine rings is 1. The number of carbonyl (C=O) groups excluding carboxylic acids is 1. The molecule has 3 rings (SSSR count). The first-order valence-electron chi connectivity index (χ1n) is 7.99. The Morgan fingerprint density at radius 3 is 2.58 bits per heavy atom. The predicted octanol–water partition coefficient (Wildman–Crippen LogP) is 3.41. The lowest BCUT2D eigenvalue weighted by molar-refractivity contribution is 0.0762. The van der Waals surface area contributed by atoms with Crippen LogP contribution in [-0.2, 0) is 0 Å². The molecular formula is C18H20BrN3O2. The SMILES string of the molecule is CN1CCCN(C(=O)c2ccc(Oc3ccc(Br)cc3)nc2)CC1. The molecule has 0 radical (unpaired) electrons. The molecular weight excluding hydrogens is 370 g/mol. The molecule has 0 unspecified atom stereocenters. The summed E-state index contributed by atoms with van der Waals surface area (Å²) in [5, 5.41) is 0. The molecule has 2 heterocycles. The van der Waals surface area contributed by atoms with Crippen molar-refractivity contribution < 1.29 is 9.53 Å². The van der Waals surface area contributed by atoms with Gasteiger partial charge in [0, 0.05) is 36.4 Å². The van der Waals surface area contributed by atoms with Crippen LogP contribution in [0, 0.1) is 0 Å². The maximum atomic E-state index is 12.6. The average Bonchev–Trinajstić information content (AvgIpc) is 2.82. The average molecular weight is 390 g/mol. The van der Waals surface area contributed by atoms with Crippen LogP contribution in [0.25, 0.3) is 0 Å². The van der Waals surface area contributed by atoms with Gasteiger partial charge in [-0.25, -0.2) is 4.98 Å². The summed E-state index contributed by atoms with van der Waals surface area (Å²) >= 11 is 3.39. The van der Waals surface area contributed by atoms with E-state index in [2.05, 4.69) is 32.9 Å². The Bertz CT molecular complexity index is 688. The predicted molar refractivity (Wildman–Crippen MR) is 96.5 cm³/mol. The van der Waals surface area contributed by atoms with Gasteiger partial charge in [0.15, 0.2) is 0 Å². The number of halogens is 1. The molecule has 1 amide bonds. The van der Waals surface area contributed by atoms with Gasteiger partial charge in [0.05, 0.1) is 5.56 Å². The van der Waals surface area contributed by atoms with Crippen LogP contribution in [0.5, 0.6) is 11.6 Å². The highest BCUT2D eigenvalue weighted by atomic mass is 79.9. The summed E-state index contributed by atoms with van der Waals surface area (Å²) in [6, 6.07) is 11.0. The van der Waals surface area contributed by atoms with Crippen LogP contribution in [0.2, 0.25) is 0 Å². The number of rotatable bonds is 3. The van der Waals surface area contributed by atoms with Crippen molar-refractivity contribution in [2.75, 3.05) is 33.2 Å². The van der Waals surface area contributed by atoms with Crippen LogP contribution < -0.4 is 4.74 Å². The monoisotopic (exact) mass is 389 g/mol. The summed E-state index contributed by atoms with van der Waals surface area (Å²) in [6.07, 6.45) is 2.59.